The Kier molecular flexibility index (Phi) is 4.01. The standard InChI is InChI=1S/C9H13N3O2/c1-7(13)14-6-9-3-2-8(4-9)5-11-12-10/h2-3,8-9H,4-6H2,1H3/t8-,9+/m0/s1. The first-order chi connectivity index (χ1) is 6.72. The van der Waals surface area contributed by atoms with E-state index in [9.17, 15) is 4.79 Å². The Morgan fingerprint density at radius 1 is 1.64 bits per heavy atom. The predicted molar refractivity (Wildman–Crippen MR) is 51.4 cm³/mol. The molecule has 0 heterocycles. The van der Waals surface area contributed by atoms with E-state index in [-0.39, 0.29) is 11.9 Å². The molecule has 0 saturated heterocycles. The van der Waals surface area contributed by atoms with E-state index in [1.807, 2.05) is 12.2 Å². The van der Waals surface area contributed by atoms with Crippen LogP contribution in [0.25, 0.3) is 10.4 Å². The highest BCUT2D eigenvalue weighted by Gasteiger charge is 2.18. The average Bonchev–Trinajstić information content (AvgIpc) is 2.59. The van der Waals surface area contributed by atoms with Gasteiger partial charge in [0.25, 0.3) is 0 Å². The number of esters is 1. The molecule has 76 valence electrons. The van der Waals surface area contributed by atoms with Gasteiger partial charge in [0.1, 0.15) is 0 Å². The van der Waals surface area contributed by atoms with E-state index in [4.69, 9.17) is 10.3 Å². The summed E-state index contributed by atoms with van der Waals surface area (Å²) in [6, 6.07) is 0. The highest BCUT2D eigenvalue weighted by atomic mass is 16.5. The Hall–Kier alpha value is -1.48. The van der Waals surface area contributed by atoms with E-state index < -0.39 is 0 Å². The first kappa shape index (κ1) is 10.6. The molecule has 1 aliphatic rings. The fourth-order valence-corrected chi connectivity index (χ4v) is 1.49. The molecule has 0 unspecified atom stereocenters. The Balaban J connectivity index is 2.24. The summed E-state index contributed by atoms with van der Waals surface area (Å²) >= 11 is 0. The maximum Gasteiger partial charge on any atom is 0.302 e. The number of nitrogens with zero attached hydrogens (tertiary/aromatic N) is 3. The molecule has 0 bridgehead atoms. The van der Waals surface area contributed by atoms with Gasteiger partial charge < -0.3 is 4.74 Å². The van der Waals surface area contributed by atoms with Crippen LogP contribution in [0.4, 0.5) is 0 Å². The maximum absolute atomic E-state index is 10.5. The molecule has 0 radical (unpaired) electrons. The van der Waals surface area contributed by atoms with Crippen molar-refractivity contribution in [3.8, 4) is 0 Å². The quantitative estimate of drug-likeness (QED) is 0.226. The molecule has 1 rings (SSSR count). The number of carbonyl (C=O) groups excluding carboxylic acids is 1. The van der Waals surface area contributed by atoms with Crippen LogP contribution in [0.15, 0.2) is 17.3 Å². The SMILES string of the molecule is CC(=O)OC[C@@H]1C=C[C@H](CN=[N+]=[N-])C1. The molecule has 0 amide bonds. The fourth-order valence-electron chi connectivity index (χ4n) is 1.49. The molecular formula is C9H13N3O2. The van der Waals surface area contributed by atoms with Gasteiger partial charge in [-0.25, -0.2) is 0 Å². The lowest BCUT2D eigenvalue weighted by Crippen LogP contribution is -2.10. The number of carbonyl (C=O) groups is 1. The van der Waals surface area contributed by atoms with E-state index in [2.05, 4.69) is 10.0 Å². The van der Waals surface area contributed by atoms with Gasteiger partial charge in [0.2, 0.25) is 0 Å². The summed E-state index contributed by atoms with van der Waals surface area (Å²) in [5, 5.41) is 3.51. The Bertz CT molecular complexity index is 282. The lowest BCUT2D eigenvalue weighted by Gasteiger charge is -2.09. The van der Waals surface area contributed by atoms with Gasteiger partial charge in [0.15, 0.2) is 0 Å². The minimum atomic E-state index is -0.253. The Morgan fingerprint density at radius 2 is 2.36 bits per heavy atom. The molecule has 0 aliphatic heterocycles. The van der Waals surface area contributed by atoms with Crippen molar-refractivity contribution in [3.05, 3.63) is 22.6 Å². The van der Waals surface area contributed by atoms with Crippen LogP contribution < -0.4 is 0 Å². The third kappa shape index (κ3) is 3.49. The van der Waals surface area contributed by atoms with Gasteiger partial charge in [0.05, 0.1) is 6.61 Å². The molecule has 0 spiro atoms. The second kappa shape index (κ2) is 5.29. The van der Waals surface area contributed by atoms with Crippen molar-refractivity contribution in [2.45, 2.75) is 13.3 Å². The first-order valence-corrected chi connectivity index (χ1v) is 4.55. The summed E-state index contributed by atoms with van der Waals surface area (Å²) in [4.78, 5) is 13.2. The van der Waals surface area contributed by atoms with Crippen molar-refractivity contribution in [1.82, 2.24) is 0 Å². The van der Waals surface area contributed by atoms with E-state index in [1.165, 1.54) is 6.92 Å². The third-order valence-corrected chi connectivity index (χ3v) is 2.14. The predicted octanol–water partition coefficient (Wildman–Crippen LogP) is 2.05. The van der Waals surface area contributed by atoms with Crippen LogP contribution in [-0.4, -0.2) is 19.1 Å². The molecule has 5 nitrogen and oxygen atoms in total. The van der Waals surface area contributed by atoms with E-state index in [1.54, 1.807) is 0 Å². The maximum atomic E-state index is 10.5. The molecule has 1 aliphatic carbocycles. The topological polar surface area (TPSA) is 75.1 Å². The molecule has 0 N–H and O–H groups in total. The summed E-state index contributed by atoms with van der Waals surface area (Å²) in [5.41, 5.74) is 8.13. The zero-order chi connectivity index (χ0) is 10.4. The largest absolute Gasteiger partial charge is 0.465 e. The third-order valence-electron chi connectivity index (χ3n) is 2.14. The zero-order valence-corrected chi connectivity index (χ0v) is 8.09. The highest BCUT2D eigenvalue weighted by Crippen LogP contribution is 2.23. The van der Waals surface area contributed by atoms with E-state index >= 15 is 0 Å². The second-order valence-corrected chi connectivity index (χ2v) is 3.36. The van der Waals surface area contributed by atoms with Crippen molar-refractivity contribution in [2.24, 2.45) is 17.0 Å². The Labute approximate surface area is 82.4 Å². The highest BCUT2D eigenvalue weighted by molar-refractivity contribution is 5.65. The smallest absolute Gasteiger partial charge is 0.302 e. The molecular weight excluding hydrogens is 182 g/mol. The molecule has 0 aromatic carbocycles. The number of ether oxygens (including phenoxy) is 1. The minimum absolute atomic E-state index is 0.253. The van der Waals surface area contributed by atoms with Crippen molar-refractivity contribution >= 4 is 5.97 Å². The lowest BCUT2D eigenvalue weighted by molar-refractivity contribution is -0.141. The molecule has 0 saturated carbocycles. The molecule has 0 aromatic rings. The first-order valence-electron chi connectivity index (χ1n) is 4.55. The van der Waals surface area contributed by atoms with Gasteiger partial charge in [-0.3, -0.25) is 4.79 Å². The van der Waals surface area contributed by atoms with Crippen molar-refractivity contribution < 1.29 is 9.53 Å². The van der Waals surface area contributed by atoms with Gasteiger partial charge in [-0.1, -0.05) is 17.3 Å². The normalized spacial score (nSPS) is 24.4. The number of hydrogen-bond donors (Lipinski definition) is 0. The van der Waals surface area contributed by atoms with Crippen LogP contribution in [0.3, 0.4) is 0 Å². The second-order valence-electron chi connectivity index (χ2n) is 3.36. The molecule has 0 aromatic heterocycles. The van der Waals surface area contributed by atoms with E-state index in [0.717, 1.165) is 6.42 Å². The van der Waals surface area contributed by atoms with Crippen molar-refractivity contribution in [3.63, 3.8) is 0 Å². The van der Waals surface area contributed by atoms with Crippen LogP contribution in [0.1, 0.15) is 13.3 Å². The summed E-state index contributed by atoms with van der Waals surface area (Å²) < 4.78 is 4.88. The molecule has 5 heteroatoms. The van der Waals surface area contributed by atoms with Gasteiger partial charge >= 0.3 is 5.97 Å². The van der Waals surface area contributed by atoms with Crippen LogP contribution in [-0.2, 0) is 9.53 Å². The lowest BCUT2D eigenvalue weighted by atomic mass is 10.0. The molecule has 2 atom stereocenters. The number of rotatable bonds is 4. The molecule has 0 fully saturated rings. The van der Waals surface area contributed by atoms with Crippen LogP contribution in [0, 0.1) is 11.8 Å². The van der Waals surface area contributed by atoms with Crippen LogP contribution in [0.2, 0.25) is 0 Å². The fraction of sp³-hybridized carbons (Fsp3) is 0.667. The summed E-state index contributed by atoms with van der Waals surface area (Å²) in [7, 11) is 0. The van der Waals surface area contributed by atoms with Crippen molar-refractivity contribution in [2.75, 3.05) is 13.2 Å². The van der Waals surface area contributed by atoms with Gasteiger partial charge in [-0.2, -0.15) is 0 Å². The zero-order valence-electron chi connectivity index (χ0n) is 8.09. The summed E-state index contributed by atoms with van der Waals surface area (Å²) in [6.45, 7) is 2.32. The Morgan fingerprint density at radius 3 is 3.00 bits per heavy atom. The number of hydrogen-bond acceptors (Lipinski definition) is 3. The summed E-state index contributed by atoms with van der Waals surface area (Å²) in [5.74, 6) is 0.321. The van der Waals surface area contributed by atoms with Crippen LogP contribution in [0.5, 0.6) is 0 Å². The summed E-state index contributed by atoms with van der Waals surface area (Å²) in [6.07, 6.45) is 4.93. The monoisotopic (exact) mass is 195 g/mol. The number of azide groups is 1. The average molecular weight is 195 g/mol. The van der Waals surface area contributed by atoms with Gasteiger partial charge in [-0.15, -0.1) is 0 Å². The van der Waals surface area contributed by atoms with Crippen LogP contribution >= 0.6 is 0 Å². The molecule has 14 heavy (non-hydrogen) atoms. The van der Waals surface area contributed by atoms with Gasteiger partial charge in [-0.05, 0) is 17.9 Å². The minimum Gasteiger partial charge on any atom is -0.465 e. The van der Waals surface area contributed by atoms with Crippen molar-refractivity contribution in [1.29, 1.82) is 0 Å². The van der Waals surface area contributed by atoms with Gasteiger partial charge in [0, 0.05) is 24.3 Å². The van der Waals surface area contributed by atoms with E-state index in [0.29, 0.717) is 19.1 Å².